The lowest BCUT2D eigenvalue weighted by molar-refractivity contribution is -0.222. The predicted octanol–water partition coefficient (Wildman–Crippen LogP) is 1.72. The van der Waals surface area contributed by atoms with Crippen LogP contribution in [-0.4, -0.2) is 17.7 Å². The normalized spacial score (nSPS) is 19.3. The molecule has 0 saturated carbocycles. The zero-order chi connectivity index (χ0) is 11.6. The topological polar surface area (TPSA) is 52.6 Å². The molecule has 0 aliphatic carbocycles. The molecule has 82 valence electrons. The predicted molar refractivity (Wildman–Crippen MR) is 53.8 cm³/mol. The first-order valence-electron chi connectivity index (χ1n) is 4.63. The first-order valence-corrected chi connectivity index (χ1v) is 4.63. The van der Waals surface area contributed by atoms with Crippen LogP contribution in [0.15, 0.2) is 23.8 Å². The molecule has 4 heteroatoms. The van der Waals surface area contributed by atoms with Gasteiger partial charge in [-0.1, -0.05) is 18.2 Å². The number of carbonyl (C=O) groups is 2. The van der Waals surface area contributed by atoms with Gasteiger partial charge < -0.3 is 9.47 Å². The number of ether oxygens (including phenoxy) is 2. The van der Waals surface area contributed by atoms with Crippen LogP contribution in [0, 0.1) is 0 Å². The van der Waals surface area contributed by atoms with E-state index in [0.29, 0.717) is 6.42 Å². The van der Waals surface area contributed by atoms with Gasteiger partial charge in [-0.3, -0.25) is 0 Å². The number of hydrogen-bond acceptors (Lipinski definition) is 4. The third-order valence-electron chi connectivity index (χ3n) is 1.77. The Morgan fingerprint density at radius 2 is 1.80 bits per heavy atom. The molecule has 0 atom stereocenters. The number of hydrogen-bond donors (Lipinski definition) is 0. The number of cyclic esters (lactones) is 2. The minimum Gasteiger partial charge on any atom is -0.419 e. The van der Waals surface area contributed by atoms with Gasteiger partial charge in [0.25, 0.3) is 5.79 Å². The second-order valence-corrected chi connectivity index (χ2v) is 3.96. The van der Waals surface area contributed by atoms with E-state index >= 15 is 0 Å². The average molecular weight is 210 g/mol. The van der Waals surface area contributed by atoms with Gasteiger partial charge in [-0.2, -0.15) is 0 Å². The van der Waals surface area contributed by atoms with Crippen molar-refractivity contribution in [2.24, 2.45) is 0 Å². The summed E-state index contributed by atoms with van der Waals surface area (Å²) in [6, 6.07) is 0. The minimum absolute atomic E-state index is 0.0580. The van der Waals surface area contributed by atoms with Crippen molar-refractivity contribution in [2.75, 3.05) is 0 Å². The lowest BCUT2D eigenvalue weighted by Crippen LogP contribution is -2.41. The molecule has 4 nitrogen and oxygen atoms in total. The summed E-state index contributed by atoms with van der Waals surface area (Å²) in [5, 5.41) is 0. The molecule has 1 aliphatic heterocycles. The Morgan fingerprint density at radius 3 is 2.20 bits per heavy atom. The van der Waals surface area contributed by atoms with Crippen LogP contribution in [0.25, 0.3) is 0 Å². The highest BCUT2D eigenvalue weighted by Crippen LogP contribution is 2.23. The van der Waals surface area contributed by atoms with Gasteiger partial charge in [-0.25, -0.2) is 9.59 Å². The molecule has 1 fully saturated rings. The van der Waals surface area contributed by atoms with E-state index in [-0.39, 0.29) is 5.57 Å². The van der Waals surface area contributed by atoms with Gasteiger partial charge in [0, 0.05) is 13.8 Å². The van der Waals surface area contributed by atoms with Gasteiger partial charge in [-0.15, -0.1) is 0 Å². The van der Waals surface area contributed by atoms with Crippen molar-refractivity contribution < 1.29 is 19.1 Å². The first-order chi connectivity index (χ1) is 6.82. The summed E-state index contributed by atoms with van der Waals surface area (Å²) in [5.41, 5.74) is 0.797. The number of allylic oxidation sites excluding steroid dienone is 2. The molecule has 15 heavy (non-hydrogen) atoms. The summed E-state index contributed by atoms with van der Waals surface area (Å²) < 4.78 is 9.82. The van der Waals surface area contributed by atoms with Crippen LogP contribution in [0.5, 0.6) is 0 Å². The summed E-state index contributed by atoms with van der Waals surface area (Å²) in [4.78, 5) is 22.8. The van der Waals surface area contributed by atoms with Crippen molar-refractivity contribution in [1.82, 2.24) is 0 Å². The van der Waals surface area contributed by atoms with Gasteiger partial charge >= 0.3 is 11.9 Å². The van der Waals surface area contributed by atoms with Gasteiger partial charge in [-0.05, 0) is 13.3 Å². The Morgan fingerprint density at radius 1 is 1.33 bits per heavy atom. The molecule has 0 aromatic carbocycles. The smallest absolute Gasteiger partial charge is 0.348 e. The van der Waals surface area contributed by atoms with Crippen molar-refractivity contribution in [2.45, 2.75) is 33.0 Å². The van der Waals surface area contributed by atoms with Gasteiger partial charge in [0.1, 0.15) is 5.57 Å². The van der Waals surface area contributed by atoms with Crippen LogP contribution in [0.2, 0.25) is 0 Å². The molecule has 0 N–H and O–H groups in total. The molecule has 1 saturated heterocycles. The third kappa shape index (κ3) is 2.94. The van der Waals surface area contributed by atoms with Crippen molar-refractivity contribution in [3.05, 3.63) is 23.8 Å². The highest BCUT2D eigenvalue weighted by atomic mass is 16.7. The Kier molecular flexibility index (Phi) is 2.98. The summed E-state index contributed by atoms with van der Waals surface area (Å²) in [7, 11) is 0. The Bertz CT molecular complexity index is 328. The molecule has 1 aliphatic rings. The third-order valence-corrected chi connectivity index (χ3v) is 1.77. The molecule has 0 spiro atoms. The van der Waals surface area contributed by atoms with Gasteiger partial charge in [0.05, 0.1) is 0 Å². The maximum Gasteiger partial charge on any atom is 0.348 e. The van der Waals surface area contributed by atoms with E-state index < -0.39 is 17.7 Å². The quantitative estimate of drug-likeness (QED) is 0.301. The average Bonchev–Trinajstić information content (AvgIpc) is 1.98. The van der Waals surface area contributed by atoms with Crippen molar-refractivity contribution >= 4 is 11.9 Å². The Labute approximate surface area is 88.6 Å². The van der Waals surface area contributed by atoms with Crippen LogP contribution in [0.3, 0.4) is 0 Å². The van der Waals surface area contributed by atoms with Crippen LogP contribution in [-0.2, 0) is 19.1 Å². The lowest BCUT2D eigenvalue weighted by Gasteiger charge is -2.29. The Balaban J connectivity index is 2.84. The van der Waals surface area contributed by atoms with Crippen LogP contribution >= 0.6 is 0 Å². The van der Waals surface area contributed by atoms with E-state index in [9.17, 15) is 9.59 Å². The SMILES string of the molecule is C=C(C)CC=C1C(=O)OC(C)(C)OC1=O. The molecule has 0 bridgehead atoms. The number of carbonyl (C=O) groups excluding carboxylic acids is 2. The molecule has 0 radical (unpaired) electrons. The number of rotatable bonds is 2. The highest BCUT2D eigenvalue weighted by molar-refractivity contribution is 6.15. The van der Waals surface area contributed by atoms with Crippen LogP contribution in [0.4, 0.5) is 0 Å². The van der Waals surface area contributed by atoms with E-state index in [1.807, 2.05) is 0 Å². The van der Waals surface area contributed by atoms with Crippen molar-refractivity contribution in [3.63, 3.8) is 0 Å². The molecule has 1 heterocycles. The molecular formula is C11H14O4. The minimum atomic E-state index is -1.17. The first kappa shape index (κ1) is 11.5. The summed E-state index contributed by atoms with van der Waals surface area (Å²) in [5.74, 6) is -2.45. The monoisotopic (exact) mass is 210 g/mol. The molecule has 0 amide bonds. The molecule has 0 unspecified atom stereocenters. The van der Waals surface area contributed by atoms with Gasteiger partial charge in [0.15, 0.2) is 0 Å². The second kappa shape index (κ2) is 3.88. The van der Waals surface area contributed by atoms with Crippen LogP contribution in [0.1, 0.15) is 27.2 Å². The largest absolute Gasteiger partial charge is 0.419 e. The Hall–Kier alpha value is -1.58. The van der Waals surface area contributed by atoms with E-state index in [2.05, 4.69) is 6.58 Å². The maximum atomic E-state index is 11.4. The molecular weight excluding hydrogens is 196 g/mol. The molecule has 1 rings (SSSR count). The molecule has 0 aromatic heterocycles. The number of esters is 2. The van der Waals surface area contributed by atoms with E-state index in [1.54, 1.807) is 6.92 Å². The van der Waals surface area contributed by atoms with Gasteiger partial charge in [0.2, 0.25) is 0 Å². The highest BCUT2D eigenvalue weighted by Gasteiger charge is 2.38. The standard InChI is InChI=1S/C11H14O4/c1-7(2)5-6-8-9(12)14-11(3,4)15-10(8)13/h6H,1,5H2,2-4H3. The summed E-state index contributed by atoms with van der Waals surface area (Å²) in [6.45, 7) is 8.50. The lowest BCUT2D eigenvalue weighted by atomic mass is 10.1. The summed E-state index contributed by atoms with van der Waals surface area (Å²) in [6.07, 6.45) is 1.93. The van der Waals surface area contributed by atoms with E-state index in [4.69, 9.17) is 9.47 Å². The fraction of sp³-hybridized carbons (Fsp3) is 0.455. The van der Waals surface area contributed by atoms with E-state index in [0.717, 1.165) is 5.57 Å². The molecule has 0 aromatic rings. The zero-order valence-electron chi connectivity index (χ0n) is 9.12. The fourth-order valence-corrected chi connectivity index (χ4v) is 1.10. The second-order valence-electron chi connectivity index (χ2n) is 3.96. The zero-order valence-corrected chi connectivity index (χ0v) is 9.12. The van der Waals surface area contributed by atoms with E-state index in [1.165, 1.54) is 19.9 Å². The van der Waals surface area contributed by atoms with Crippen molar-refractivity contribution in [1.29, 1.82) is 0 Å². The fourth-order valence-electron chi connectivity index (χ4n) is 1.10. The van der Waals surface area contributed by atoms with Crippen molar-refractivity contribution in [3.8, 4) is 0 Å². The maximum absolute atomic E-state index is 11.4. The summed E-state index contributed by atoms with van der Waals surface area (Å²) >= 11 is 0. The van der Waals surface area contributed by atoms with Crippen LogP contribution < -0.4 is 0 Å².